The maximum absolute atomic E-state index is 9.49. The predicted octanol–water partition coefficient (Wildman–Crippen LogP) is 1.58. The second-order valence-electron chi connectivity index (χ2n) is 3.24. The van der Waals surface area contributed by atoms with Gasteiger partial charge in [-0.2, -0.15) is 0 Å². The second kappa shape index (κ2) is 2.09. The summed E-state index contributed by atoms with van der Waals surface area (Å²) in [5.41, 5.74) is 0. The molecule has 52 valence electrons. The van der Waals surface area contributed by atoms with Crippen molar-refractivity contribution in [1.29, 1.82) is 0 Å². The molecule has 2 fully saturated rings. The summed E-state index contributed by atoms with van der Waals surface area (Å²) in [6.07, 6.45) is 3.89. The van der Waals surface area contributed by atoms with Gasteiger partial charge < -0.3 is 5.11 Å². The Morgan fingerprint density at radius 2 is 2.11 bits per heavy atom. The van der Waals surface area contributed by atoms with Gasteiger partial charge in [-0.25, -0.2) is 0 Å². The predicted molar refractivity (Wildman–Crippen MR) is 44.6 cm³/mol. The standard InChI is InChI=1S/C7H11IO/c8-6-3-4-1-2-5(6)7(4)9/h4-7,9H,1-3H2/t4-,5-,6+,7-/m0/s1. The molecule has 2 saturated carbocycles. The third-order valence-electron chi connectivity index (χ3n) is 2.78. The molecule has 0 aromatic heterocycles. The van der Waals surface area contributed by atoms with E-state index in [1.165, 1.54) is 19.3 Å². The van der Waals surface area contributed by atoms with E-state index in [1.807, 2.05) is 0 Å². The number of hydrogen-bond donors (Lipinski definition) is 1. The van der Waals surface area contributed by atoms with E-state index in [9.17, 15) is 5.11 Å². The molecular formula is C7H11IO. The van der Waals surface area contributed by atoms with Gasteiger partial charge in [0.25, 0.3) is 0 Å². The van der Waals surface area contributed by atoms with E-state index in [0.717, 1.165) is 3.92 Å². The van der Waals surface area contributed by atoms with Crippen molar-refractivity contribution < 1.29 is 5.11 Å². The first-order valence-corrected chi connectivity index (χ1v) is 4.86. The fraction of sp³-hybridized carbons (Fsp3) is 1.00. The van der Waals surface area contributed by atoms with Crippen LogP contribution in [0.25, 0.3) is 0 Å². The number of fused-ring (bicyclic) bond motifs is 2. The van der Waals surface area contributed by atoms with Gasteiger partial charge in [0.1, 0.15) is 0 Å². The van der Waals surface area contributed by atoms with Crippen LogP contribution in [-0.4, -0.2) is 15.1 Å². The van der Waals surface area contributed by atoms with Crippen molar-refractivity contribution in [3.63, 3.8) is 0 Å². The van der Waals surface area contributed by atoms with Gasteiger partial charge in [0, 0.05) is 3.92 Å². The van der Waals surface area contributed by atoms with Gasteiger partial charge in [-0.1, -0.05) is 22.6 Å². The minimum Gasteiger partial charge on any atom is -0.393 e. The lowest BCUT2D eigenvalue weighted by Crippen LogP contribution is -2.14. The molecule has 2 rings (SSSR count). The molecule has 2 aliphatic rings. The maximum Gasteiger partial charge on any atom is 0.0606 e. The lowest BCUT2D eigenvalue weighted by Gasteiger charge is -2.13. The Balaban J connectivity index is 2.16. The zero-order valence-corrected chi connectivity index (χ0v) is 7.41. The van der Waals surface area contributed by atoms with Crippen molar-refractivity contribution in [2.75, 3.05) is 0 Å². The highest BCUT2D eigenvalue weighted by Gasteiger charge is 2.45. The van der Waals surface area contributed by atoms with Crippen LogP contribution in [0, 0.1) is 11.8 Å². The molecule has 4 atom stereocenters. The molecule has 0 spiro atoms. The fourth-order valence-electron chi connectivity index (χ4n) is 2.21. The number of rotatable bonds is 0. The Morgan fingerprint density at radius 3 is 2.33 bits per heavy atom. The van der Waals surface area contributed by atoms with Gasteiger partial charge in [0.15, 0.2) is 0 Å². The molecule has 0 aliphatic heterocycles. The van der Waals surface area contributed by atoms with Crippen molar-refractivity contribution in [3.8, 4) is 0 Å². The molecule has 2 heteroatoms. The monoisotopic (exact) mass is 238 g/mol. The van der Waals surface area contributed by atoms with E-state index in [0.29, 0.717) is 11.8 Å². The number of halogens is 1. The van der Waals surface area contributed by atoms with Crippen LogP contribution in [0.2, 0.25) is 0 Å². The molecule has 0 saturated heterocycles. The minimum atomic E-state index is 0.0619. The molecule has 0 aromatic rings. The number of aliphatic hydroxyl groups is 1. The highest BCUT2D eigenvalue weighted by Crippen LogP contribution is 2.47. The van der Waals surface area contributed by atoms with Crippen LogP contribution in [0.3, 0.4) is 0 Å². The number of alkyl halides is 1. The van der Waals surface area contributed by atoms with Crippen LogP contribution in [0.1, 0.15) is 19.3 Å². The molecule has 9 heavy (non-hydrogen) atoms. The summed E-state index contributed by atoms with van der Waals surface area (Å²) < 4.78 is 0.774. The maximum atomic E-state index is 9.49. The molecular weight excluding hydrogens is 227 g/mol. The van der Waals surface area contributed by atoms with Crippen LogP contribution >= 0.6 is 22.6 Å². The van der Waals surface area contributed by atoms with Gasteiger partial charge in [-0.15, -0.1) is 0 Å². The van der Waals surface area contributed by atoms with E-state index < -0.39 is 0 Å². The molecule has 1 N–H and O–H groups in total. The van der Waals surface area contributed by atoms with E-state index in [2.05, 4.69) is 22.6 Å². The average Bonchev–Trinajstić information content (AvgIpc) is 2.25. The van der Waals surface area contributed by atoms with Gasteiger partial charge in [0.2, 0.25) is 0 Å². The minimum absolute atomic E-state index is 0.0619. The topological polar surface area (TPSA) is 20.2 Å². The number of aliphatic hydroxyl groups excluding tert-OH is 1. The SMILES string of the molecule is O[C@H]1[C@H]2CC[C@H]1[C@H](I)C2. The molecule has 1 nitrogen and oxygen atoms in total. The van der Waals surface area contributed by atoms with Crippen LogP contribution < -0.4 is 0 Å². The summed E-state index contributed by atoms with van der Waals surface area (Å²) in [7, 11) is 0. The zero-order valence-electron chi connectivity index (χ0n) is 5.26. The Morgan fingerprint density at radius 1 is 1.33 bits per heavy atom. The molecule has 0 heterocycles. The Labute approximate surface area is 69.0 Å². The number of hydrogen-bond acceptors (Lipinski definition) is 1. The zero-order chi connectivity index (χ0) is 6.43. The van der Waals surface area contributed by atoms with Crippen LogP contribution in [-0.2, 0) is 0 Å². The summed E-state index contributed by atoms with van der Waals surface area (Å²) in [4.78, 5) is 0. The smallest absolute Gasteiger partial charge is 0.0606 e. The summed E-state index contributed by atoms with van der Waals surface area (Å²) in [6, 6.07) is 0. The lowest BCUT2D eigenvalue weighted by atomic mass is 10.0. The summed E-state index contributed by atoms with van der Waals surface area (Å²) >= 11 is 2.48. The first-order valence-electron chi connectivity index (χ1n) is 3.61. The first-order chi connectivity index (χ1) is 4.29. The van der Waals surface area contributed by atoms with Crippen molar-refractivity contribution in [2.24, 2.45) is 11.8 Å². The highest BCUT2D eigenvalue weighted by molar-refractivity contribution is 14.1. The third-order valence-corrected chi connectivity index (χ3v) is 4.22. The van der Waals surface area contributed by atoms with Crippen LogP contribution in [0.5, 0.6) is 0 Å². The molecule has 0 radical (unpaired) electrons. The van der Waals surface area contributed by atoms with Gasteiger partial charge >= 0.3 is 0 Å². The van der Waals surface area contributed by atoms with E-state index >= 15 is 0 Å². The highest BCUT2D eigenvalue weighted by atomic mass is 127. The lowest BCUT2D eigenvalue weighted by molar-refractivity contribution is 0.129. The Kier molecular flexibility index (Phi) is 1.49. The molecule has 2 bridgehead atoms. The Hall–Kier alpha value is 0.690. The molecule has 0 amide bonds. The molecule has 0 aromatic carbocycles. The second-order valence-corrected chi connectivity index (χ2v) is 4.84. The summed E-state index contributed by atoms with van der Waals surface area (Å²) in [6.45, 7) is 0. The van der Waals surface area contributed by atoms with Crippen molar-refractivity contribution in [2.45, 2.75) is 29.3 Å². The van der Waals surface area contributed by atoms with Crippen LogP contribution in [0.4, 0.5) is 0 Å². The van der Waals surface area contributed by atoms with Crippen molar-refractivity contribution >= 4 is 22.6 Å². The fourth-order valence-corrected chi connectivity index (χ4v) is 3.65. The van der Waals surface area contributed by atoms with E-state index in [-0.39, 0.29) is 6.10 Å². The first kappa shape index (κ1) is 6.40. The quantitative estimate of drug-likeness (QED) is 0.501. The van der Waals surface area contributed by atoms with E-state index in [4.69, 9.17) is 0 Å². The average molecular weight is 238 g/mol. The van der Waals surface area contributed by atoms with Crippen molar-refractivity contribution in [3.05, 3.63) is 0 Å². The summed E-state index contributed by atoms with van der Waals surface area (Å²) in [5.74, 6) is 1.31. The van der Waals surface area contributed by atoms with Gasteiger partial charge in [0.05, 0.1) is 6.10 Å². The molecule has 2 aliphatic carbocycles. The van der Waals surface area contributed by atoms with E-state index in [1.54, 1.807) is 0 Å². The van der Waals surface area contributed by atoms with Gasteiger partial charge in [-0.3, -0.25) is 0 Å². The molecule has 0 unspecified atom stereocenters. The van der Waals surface area contributed by atoms with Gasteiger partial charge in [-0.05, 0) is 31.1 Å². The van der Waals surface area contributed by atoms with Crippen LogP contribution in [0.15, 0.2) is 0 Å². The largest absolute Gasteiger partial charge is 0.393 e. The third kappa shape index (κ3) is 0.827. The normalized spacial score (nSPS) is 56.7. The Bertz CT molecular complexity index is 126. The van der Waals surface area contributed by atoms with Crippen molar-refractivity contribution in [1.82, 2.24) is 0 Å². The summed E-state index contributed by atoms with van der Waals surface area (Å²) in [5, 5.41) is 9.49.